The maximum atomic E-state index is 12.0. The largest absolute Gasteiger partial charge is 0.398 e. The second-order valence-corrected chi connectivity index (χ2v) is 6.29. The van der Waals surface area contributed by atoms with Gasteiger partial charge in [-0.15, -0.1) is 0 Å². The summed E-state index contributed by atoms with van der Waals surface area (Å²) in [6, 6.07) is 7.91. The number of nitrogen functional groups attached to an aromatic ring is 1. The average molecular weight is 278 g/mol. The fraction of sp³-hybridized carbons (Fsp3) is 0.533. The van der Waals surface area contributed by atoms with Crippen molar-refractivity contribution in [2.24, 2.45) is 0 Å². The molecule has 1 amide bonds. The molecule has 0 radical (unpaired) electrons. The molecule has 0 bridgehead atoms. The van der Waals surface area contributed by atoms with Crippen LogP contribution in [0.5, 0.6) is 0 Å². The minimum absolute atomic E-state index is 0.0884. The molecule has 19 heavy (non-hydrogen) atoms. The fourth-order valence-corrected chi connectivity index (χ4v) is 3.33. The summed E-state index contributed by atoms with van der Waals surface area (Å²) in [5.74, 6) is 0.0884. The van der Waals surface area contributed by atoms with Crippen molar-refractivity contribution >= 4 is 23.4 Å². The summed E-state index contributed by atoms with van der Waals surface area (Å²) >= 11 is 1.94. The summed E-state index contributed by atoms with van der Waals surface area (Å²) in [6.45, 7) is 0. The van der Waals surface area contributed by atoms with Crippen LogP contribution in [0.1, 0.15) is 31.2 Å². The molecule has 0 atom stereocenters. The topological polar surface area (TPSA) is 55.1 Å². The van der Waals surface area contributed by atoms with Crippen molar-refractivity contribution < 1.29 is 4.79 Å². The molecule has 1 fully saturated rings. The quantitative estimate of drug-likeness (QED) is 0.832. The highest BCUT2D eigenvalue weighted by Gasteiger charge is 2.21. The Labute approximate surface area is 119 Å². The monoisotopic (exact) mass is 278 g/mol. The van der Waals surface area contributed by atoms with Crippen LogP contribution in [0.4, 0.5) is 5.69 Å². The van der Waals surface area contributed by atoms with Crippen molar-refractivity contribution in [2.45, 2.75) is 43.4 Å². The lowest BCUT2D eigenvalue weighted by molar-refractivity contribution is -0.121. The smallest absolute Gasteiger partial charge is 0.224 e. The van der Waals surface area contributed by atoms with Gasteiger partial charge in [0.25, 0.3) is 0 Å². The molecule has 3 nitrogen and oxygen atoms in total. The normalized spacial score (nSPS) is 23.0. The number of thioether (sulfide) groups is 1. The zero-order valence-electron chi connectivity index (χ0n) is 11.4. The number of rotatable bonds is 4. The summed E-state index contributed by atoms with van der Waals surface area (Å²) in [5.41, 5.74) is 7.47. The van der Waals surface area contributed by atoms with Gasteiger partial charge in [-0.05, 0) is 43.6 Å². The van der Waals surface area contributed by atoms with Crippen molar-refractivity contribution in [2.75, 3.05) is 12.0 Å². The lowest BCUT2D eigenvalue weighted by Crippen LogP contribution is -2.38. The number of amides is 1. The molecule has 2 rings (SSSR count). The SMILES string of the molecule is CSC1CCC(NC(=O)Cc2ccccc2N)CC1. The third kappa shape index (κ3) is 4.16. The second kappa shape index (κ2) is 6.85. The number of hydrogen-bond acceptors (Lipinski definition) is 3. The summed E-state index contributed by atoms with van der Waals surface area (Å²) < 4.78 is 0. The standard InChI is InChI=1S/C15H22N2OS/c1-19-13-8-6-12(7-9-13)17-15(18)10-11-4-2-3-5-14(11)16/h2-5,12-13H,6-10,16H2,1H3,(H,17,18). The van der Waals surface area contributed by atoms with Crippen molar-refractivity contribution in [3.8, 4) is 0 Å². The zero-order chi connectivity index (χ0) is 13.7. The van der Waals surface area contributed by atoms with Crippen molar-refractivity contribution in [1.29, 1.82) is 0 Å². The lowest BCUT2D eigenvalue weighted by Gasteiger charge is -2.28. The van der Waals surface area contributed by atoms with Gasteiger partial charge in [-0.3, -0.25) is 4.79 Å². The van der Waals surface area contributed by atoms with E-state index in [1.807, 2.05) is 36.0 Å². The molecule has 104 valence electrons. The molecule has 1 saturated carbocycles. The Morgan fingerprint density at radius 3 is 2.63 bits per heavy atom. The molecule has 1 aliphatic rings. The number of benzene rings is 1. The van der Waals surface area contributed by atoms with Crippen LogP contribution in [0.15, 0.2) is 24.3 Å². The molecule has 1 aromatic rings. The molecule has 0 unspecified atom stereocenters. The number of carbonyl (C=O) groups excluding carboxylic acids is 1. The summed E-state index contributed by atoms with van der Waals surface area (Å²) in [7, 11) is 0. The Kier molecular flexibility index (Phi) is 5.14. The first-order chi connectivity index (χ1) is 9.19. The van der Waals surface area contributed by atoms with Crippen LogP contribution in [0, 0.1) is 0 Å². The van der Waals surface area contributed by atoms with Gasteiger partial charge in [0.05, 0.1) is 6.42 Å². The van der Waals surface area contributed by atoms with Gasteiger partial charge < -0.3 is 11.1 Å². The van der Waals surface area contributed by atoms with Crippen LogP contribution in [-0.4, -0.2) is 23.5 Å². The van der Waals surface area contributed by atoms with Crippen molar-refractivity contribution in [3.63, 3.8) is 0 Å². The Hall–Kier alpha value is -1.16. The molecule has 0 aliphatic heterocycles. The van der Waals surface area contributed by atoms with E-state index in [-0.39, 0.29) is 5.91 Å². The number of hydrogen-bond donors (Lipinski definition) is 2. The van der Waals surface area contributed by atoms with E-state index in [1.165, 1.54) is 12.8 Å². The van der Waals surface area contributed by atoms with Gasteiger partial charge in [-0.2, -0.15) is 11.8 Å². The number of para-hydroxylation sites is 1. The van der Waals surface area contributed by atoms with Crippen LogP contribution in [0.2, 0.25) is 0 Å². The van der Waals surface area contributed by atoms with E-state index in [2.05, 4.69) is 11.6 Å². The van der Waals surface area contributed by atoms with Gasteiger partial charge in [-0.1, -0.05) is 18.2 Å². The maximum Gasteiger partial charge on any atom is 0.224 e. The van der Waals surface area contributed by atoms with Crippen molar-refractivity contribution in [1.82, 2.24) is 5.32 Å². The third-order valence-corrected chi connectivity index (χ3v) is 4.92. The Bertz CT molecular complexity index is 428. The fourth-order valence-electron chi connectivity index (χ4n) is 2.59. The molecule has 1 aromatic carbocycles. The second-order valence-electron chi connectivity index (χ2n) is 5.15. The van der Waals surface area contributed by atoms with Crippen LogP contribution in [0.3, 0.4) is 0 Å². The van der Waals surface area contributed by atoms with Crippen LogP contribution < -0.4 is 11.1 Å². The predicted molar refractivity (Wildman–Crippen MR) is 82.3 cm³/mol. The molecule has 0 aromatic heterocycles. The molecule has 3 N–H and O–H groups in total. The molecular formula is C15H22N2OS. The number of carbonyl (C=O) groups is 1. The van der Waals surface area contributed by atoms with Crippen LogP contribution in [-0.2, 0) is 11.2 Å². The number of nitrogens with one attached hydrogen (secondary N) is 1. The van der Waals surface area contributed by atoms with E-state index >= 15 is 0 Å². The van der Waals surface area contributed by atoms with Gasteiger partial charge in [0.15, 0.2) is 0 Å². The van der Waals surface area contributed by atoms with Gasteiger partial charge >= 0.3 is 0 Å². The Morgan fingerprint density at radius 1 is 1.32 bits per heavy atom. The molecule has 0 spiro atoms. The minimum atomic E-state index is 0.0884. The van der Waals surface area contributed by atoms with E-state index < -0.39 is 0 Å². The summed E-state index contributed by atoms with van der Waals surface area (Å²) in [5, 5.41) is 3.91. The van der Waals surface area contributed by atoms with Gasteiger partial charge in [0.1, 0.15) is 0 Å². The van der Waals surface area contributed by atoms with E-state index in [9.17, 15) is 4.79 Å². The maximum absolute atomic E-state index is 12.0. The van der Waals surface area contributed by atoms with E-state index in [0.717, 1.165) is 23.7 Å². The van der Waals surface area contributed by atoms with Crippen molar-refractivity contribution in [3.05, 3.63) is 29.8 Å². The molecule has 1 aliphatic carbocycles. The summed E-state index contributed by atoms with van der Waals surface area (Å²) in [4.78, 5) is 12.0. The highest BCUT2D eigenvalue weighted by Crippen LogP contribution is 2.26. The first kappa shape index (κ1) is 14.3. The molecular weight excluding hydrogens is 256 g/mol. The van der Waals surface area contributed by atoms with Gasteiger partial charge in [0.2, 0.25) is 5.91 Å². The Morgan fingerprint density at radius 2 is 2.00 bits per heavy atom. The van der Waals surface area contributed by atoms with E-state index in [4.69, 9.17) is 5.73 Å². The third-order valence-electron chi connectivity index (χ3n) is 3.78. The summed E-state index contributed by atoms with van der Waals surface area (Å²) in [6.07, 6.45) is 7.17. The van der Waals surface area contributed by atoms with E-state index in [0.29, 0.717) is 18.2 Å². The zero-order valence-corrected chi connectivity index (χ0v) is 12.2. The number of anilines is 1. The van der Waals surface area contributed by atoms with Crippen LogP contribution in [0.25, 0.3) is 0 Å². The first-order valence-corrected chi connectivity index (χ1v) is 8.13. The Balaban J connectivity index is 1.81. The van der Waals surface area contributed by atoms with Gasteiger partial charge in [-0.25, -0.2) is 0 Å². The number of nitrogens with two attached hydrogens (primary N) is 1. The predicted octanol–water partition coefficient (Wildman–Crippen LogP) is 2.60. The first-order valence-electron chi connectivity index (χ1n) is 6.84. The highest BCUT2D eigenvalue weighted by molar-refractivity contribution is 7.99. The minimum Gasteiger partial charge on any atom is -0.398 e. The molecule has 0 heterocycles. The molecule has 4 heteroatoms. The lowest BCUT2D eigenvalue weighted by atomic mass is 9.94. The molecule has 0 saturated heterocycles. The highest BCUT2D eigenvalue weighted by atomic mass is 32.2. The average Bonchev–Trinajstić information content (AvgIpc) is 2.42. The van der Waals surface area contributed by atoms with Gasteiger partial charge in [0, 0.05) is 17.0 Å². The van der Waals surface area contributed by atoms with Crippen LogP contribution >= 0.6 is 11.8 Å². The van der Waals surface area contributed by atoms with E-state index in [1.54, 1.807) is 0 Å².